The minimum Gasteiger partial charge on any atom is -0.339 e. The van der Waals surface area contributed by atoms with Gasteiger partial charge in [0.1, 0.15) is 4.90 Å². The van der Waals surface area contributed by atoms with E-state index in [2.05, 4.69) is 15.9 Å². The van der Waals surface area contributed by atoms with E-state index in [4.69, 9.17) is 10.7 Å². The molecule has 1 saturated carbocycles. The highest BCUT2D eigenvalue weighted by Crippen LogP contribution is 2.35. The molecule has 0 unspecified atom stereocenters. The quantitative estimate of drug-likeness (QED) is 0.442. The van der Waals surface area contributed by atoms with Crippen LogP contribution in [0.2, 0.25) is 0 Å². The molecule has 1 aliphatic rings. The molecule has 0 aliphatic heterocycles. The normalized spacial score (nSPS) is 14.8. The van der Waals surface area contributed by atoms with Crippen molar-refractivity contribution in [3.05, 3.63) is 32.3 Å². The Bertz CT molecular complexity index is 732. The molecule has 0 aromatic heterocycles. The molecule has 21 heavy (non-hydrogen) atoms. The van der Waals surface area contributed by atoms with Gasteiger partial charge in [-0.05, 0) is 28.8 Å². The predicted octanol–water partition coefficient (Wildman–Crippen LogP) is 2.52. The Hall–Kier alpha value is -1.19. The maximum atomic E-state index is 12.3. The third-order valence-corrected chi connectivity index (χ3v) is 5.61. The van der Waals surface area contributed by atoms with Crippen molar-refractivity contribution in [3.63, 3.8) is 0 Å². The van der Waals surface area contributed by atoms with Crippen LogP contribution in [0, 0.1) is 10.1 Å². The molecule has 1 aromatic carbocycles. The zero-order chi connectivity index (χ0) is 15.9. The Kier molecular flexibility index (Phi) is 4.27. The third kappa shape index (κ3) is 3.35. The summed E-state index contributed by atoms with van der Waals surface area (Å²) in [7, 11) is 2.61. The number of benzene rings is 1. The fraction of sp³-hybridized carbons (Fsp3) is 0.364. The van der Waals surface area contributed by atoms with Crippen LogP contribution in [0.4, 0.5) is 5.69 Å². The second kappa shape index (κ2) is 5.54. The first-order chi connectivity index (χ1) is 9.62. The van der Waals surface area contributed by atoms with E-state index in [9.17, 15) is 23.3 Å². The number of amides is 1. The Morgan fingerprint density at radius 2 is 2.05 bits per heavy atom. The first kappa shape index (κ1) is 16.2. The van der Waals surface area contributed by atoms with Crippen molar-refractivity contribution in [2.24, 2.45) is 0 Å². The molecule has 7 nitrogen and oxygen atoms in total. The number of nitrogens with zero attached hydrogens (tertiary/aromatic N) is 2. The van der Waals surface area contributed by atoms with Gasteiger partial charge in [0, 0.05) is 35.9 Å². The van der Waals surface area contributed by atoms with Crippen molar-refractivity contribution < 1.29 is 18.1 Å². The maximum Gasteiger partial charge on any atom is 0.271 e. The fourth-order valence-corrected chi connectivity index (χ4v) is 4.11. The third-order valence-electron chi connectivity index (χ3n) is 3.14. The van der Waals surface area contributed by atoms with E-state index in [1.165, 1.54) is 4.90 Å². The highest BCUT2D eigenvalue weighted by Gasteiger charge is 2.33. The van der Waals surface area contributed by atoms with E-state index in [0.29, 0.717) is 0 Å². The summed E-state index contributed by atoms with van der Waals surface area (Å²) < 4.78 is 22.9. The van der Waals surface area contributed by atoms with Gasteiger partial charge in [-0.1, -0.05) is 0 Å². The molecule has 0 radical (unpaired) electrons. The number of nitro groups is 1. The Morgan fingerprint density at radius 1 is 1.48 bits per heavy atom. The van der Waals surface area contributed by atoms with Gasteiger partial charge in [0.15, 0.2) is 0 Å². The van der Waals surface area contributed by atoms with Crippen LogP contribution in [-0.2, 0) is 9.05 Å². The molecule has 1 fully saturated rings. The molecule has 0 heterocycles. The minimum absolute atomic E-state index is 0.0689. The molecule has 0 N–H and O–H groups in total. The number of rotatable bonds is 4. The van der Waals surface area contributed by atoms with Gasteiger partial charge in [0.05, 0.1) is 15.0 Å². The molecular weight excluding hydrogens is 388 g/mol. The van der Waals surface area contributed by atoms with Crippen LogP contribution in [0.15, 0.2) is 21.5 Å². The number of carbonyl (C=O) groups is 1. The number of nitro benzene ring substituents is 1. The van der Waals surface area contributed by atoms with Crippen molar-refractivity contribution in [2.45, 2.75) is 23.8 Å². The van der Waals surface area contributed by atoms with Crippen molar-refractivity contribution in [1.29, 1.82) is 0 Å². The van der Waals surface area contributed by atoms with Gasteiger partial charge < -0.3 is 4.90 Å². The number of non-ortho nitro benzene ring substituents is 1. The van der Waals surface area contributed by atoms with Crippen LogP contribution in [-0.4, -0.2) is 37.2 Å². The highest BCUT2D eigenvalue weighted by atomic mass is 79.9. The summed E-state index contributed by atoms with van der Waals surface area (Å²) in [6, 6.07) is 1.94. The van der Waals surface area contributed by atoms with Crippen molar-refractivity contribution in [2.75, 3.05) is 7.05 Å². The Labute approximate surface area is 133 Å². The maximum absolute atomic E-state index is 12.3. The van der Waals surface area contributed by atoms with Crippen molar-refractivity contribution in [3.8, 4) is 0 Å². The molecule has 2 rings (SSSR count). The van der Waals surface area contributed by atoms with Gasteiger partial charge in [-0.25, -0.2) is 8.42 Å². The zero-order valence-electron chi connectivity index (χ0n) is 10.7. The van der Waals surface area contributed by atoms with Gasteiger partial charge >= 0.3 is 0 Å². The zero-order valence-corrected chi connectivity index (χ0v) is 13.9. The van der Waals surface area contributed by atoms with E-state index < -0.39 is 30.5 Å². The molecule has 0 atom stereocenters. The summed E-state index contributed by atoms with van der Waals surface area (Å²) in [5, 5.41) is 10.9. The SMILES string of the molecule is CN(C(=O)c1cc([N+](=O)[O-])cc(S(=O)(=O)Cl)c1Br)C1CC1. The molecule has 1 aliphatic carbocycles. The number of hydrogen-bond acceptors (Lipinski definition) is 5. The smallest absolute Gasteiger partial charge is 0.271 e. The van der Waals surface area contributed by atoms with E-state index in [1.54, 1.807) is 7.05 Å². The van der Waals surface area contributed by atoms with E-state index in [-0.39, 0.29) is 16.1 Å². The van der Waals surface area contributed by atoms with Gasteiger partial charge in [-0.2, -0.15) is 0 Å². The average Bonchev–Trinajstić information content (AvgIpc) is 3.19. The fourth-order valence-electron chi connectivity index (χ4n) is 1.84. The molecule has 1 amide bonds. The van der Waals surface area contributed by atoms with Crippen LogP contribution in [0.5, 0.6) is 0 Å². The largest absolute Gasteiger partial charge is 0.339 e. The van der Waals surface area contributed by atoms with E-state index in [1.807, 2.05) is 0 Å². The first-order valence-corrected chi connectivity index (χ1v) is 8.93. The van der Waals surface area contributed by atoms with Crippen LogP contribution >= 0.6 is 26.6 Å². The summed E-state index contributed by atoms with van der Waals surface area (Å²) in [6.45, 7) is 0. The molecule has 0 bridgehead atoms. The second-order valence-corrected chi connectivity index (χ2v) is 7.97. The lowest BCUT2D eigenvalue weighted by atomic mass is 10.1. The lowest BCUT2D eigenvalue weighted by molar-refractivity contribution is -0.385. The van der Waals surface area contributed by atoms with Crippen molar-refractivity contribution in [1.82, 2.24) is 4.90 Å². The summed E-state index contributed by atoms with van der Waals surface area (Å²) >= 11 is 3.01. The standard InChI is InChI=1S/C11H10BrClN2O5S/c1-14(6-2-3-6)11(16)8-4-7(15(17)18)5-9(10(8)12)21(13,19)20/h4-6H,2-3H2,1H3. The first-order valence-electron chi connectivity index (χ1n) is 5.82. The topological polar surface area (TPSA) is 97.6 Å². The van der Waals surface area contributed by atoms with Crippen molar-refractivity contribution >= 4 is 47.3 Å². The molecule has 0 saturated heterocycles. The average molecular weight is 398 g/mol. The predicted molar refractivity (Wildman–Crippen MR) is 79.0 cm³/mol. The summed E-state index contributed by atoms with van der Waals surface area (Å²) in [5.41, 5.74) is -0.609. The summed E-state index contributed by atoms with van der Waals surface area (Å²) in [5.74, 6) is -0.491. The van der Waals surface area contributed by atoms with Crippen LogP contribution in [0.25, 0.3) is 0 Å². The molecular formula is C11H10BrClN2O5S. The molecule has 0 spiro atoms. The lowest BCUT2D eigenvalue weighted by Crippen LogP contribution is -2.29. The lowest BCUT2D eigenvalue weighted by Gasteiger charge is -2.17. The van der Waals surface area contributed by atoms with Gasteiger partial charge in [0.2, 0.25) is 0 Å². The minimum atomic E-state index is -4.23. The Balaban J connectivity index is 2.61. The summed E-state index contributed by atoms with van der Waals surface area (Å²) in [6.07, 6.45) is 1.71. The van der Waals surface area contributed by atoms with Gasteiger partial charge in [-0.3, -0.25) is 14.9 Å². The monoisotopic (exact) mass is 396 g/mol. The van der Waals surface area contributed by atoms with Crippen LogP contribution in [0.3, 0.4) is 0 Å². The molecule has 10 heteroatoms. The molecule has 114 valence electrons. The van der Waals surface area contributed by atoms with E-state index >= 15 is 0 Å². The highest BCUT2D eigenvalue weighted by molar-refractivity contribution is 9.10. The van der Waals surface area contributed by atoms with Crippen LogP contribution in [0.1, 0.15) is 23.2 Å². The number of carbonyl (C=O) groups excluding carboxylic acids is 1. The number of halogens is 2. The Morgan fingerprint density at radius 3 is 2.48 bits per heavy atom. The number of hydrogen-bond donors (Lipinski definition) is 0. The second-order valence-electron chi connectivity index (χ2n) is 4.65. The summed E-state index contributed by atoms with van der Waals surface area (Å²) in [4.78, 5) is 23.4. The van der Waals surface area contributed by atoms with Crippen LogP contribution < -0.4 is 0 Å². The van der Waals surface area contributed by atoms with Gasteiger partial charge in [-0.15, -0.1) is 0 Å². The van der Waals surface area contributed by atoms with E-state index in [0.717, 1.165) is 25.0 Å². The van der Waals surface area contributed by atoms with Gasteiger partial charge in [0.25, 0.3) is 20.6 Å². The molecule has 1 aromatic rings.